The molecule has 2 N–H and O–H groups in total. The van der Waals surface area contributed by atoms with E-state index in [1.165, 1.54) is 44.5 Å². The second-order valence-corrected chi connectivity index (χ2v) is 15.2. The molecule has 278 valence electrons. The normalized spacial score (nSPS) is 19.1. The minimum Gasteiger partial charge on any atom is -0.491 e. The molecule has 54 heavy (non-hydrogen) atoms. The molecule has 0 saturated carbocycles. The van der Waals surface area contributed by atoms with Crippen molar-refractivity contribution in [3.8, 4) is 33.8 Å². The van der Waals surface area contributed by atoms with Crippen molar-refractivity contribution in [2.24, 2.45) is 0 Å². The molecule has 2 atom stereocenters. The van der Waals surface area contributed by atoms with E-state index >= 15 is 0 Å². The van der Waals surface area contributed by atoms with Crippen LogP contribution in [0.4, 0.5) is 0 Å². The zero-order chi connectivity index (χ0) is 36.4. The number of ether oxygens (including phenoxy) is 2. The Bertz CT molecular complexity index is 1800. The Hall–Kier alpha value is -4.54. The van der Waals surface area contributed by atoms with Crippen molar-refractivity contribution >= 4 is 0 Å². The summed E-state index contributed by atoms with van der Waals surface area (Å²) in [6.07, 6.45) is -1.16. The Morgan fingerprint density at radius 2 is 0.722 bits per heavy atom. The highest BCUT2D eigenvalue weighted by atomic mass is 16.5. The Balaban J connectivity index is 0.687. The Morgan fingerprint density at radius 1 is 0.426 bits per heavy atom. The topological polar surface area (TPSA) is 71.9 Å². The van der Waals surface area contributed by atoms with Gasteiger partial charge in [0.15, 0.2) is 0 Å². The molecule has 8 heteroatoms. The van der Waals surface area contributed by atoms with Gasteiger partial charge in [-0.05, 0) is 68.8 Å². The monoisotopic (exact) mass is 722 g/mol. The third-order valence-electron chi connectivity index (χ3n) is 11.8. The number of piperazine rings is 2. The number of benzene rings is 5. The molecule has 0 amide bonds. The lowest BCUT2D eigenvalue weighted by Gasteiger charge is -2.39. The summed E-state index contributed by atoms with van der Waals surface area (Å²) in [6, 6.07) is 43.2. The maximum absolute atomic E-state index is 10.8. The maximum atomic E-state index is 10.8. The van der Waals surface area contributed by atoms with Crippen LogP contribution in [0.2, 0.25) is 0 Å². The van der Waals surface area contributed by atoms with E-state index in [1.54, 1.807) is 0 Å². The predicted octanol–water partition coefficient (Wildman–Crippen LogP) is 5.94. The van der Waals surface area contributed by atoms with Gasteiger partial charge < -0.3 is 19.7 Å². The van der Waals surface area contributed by atoms with Crippen molar-refractivity contribution < 1.29 is 19.7 Å². The smallest absolute Gasteiger partial charge is 0.119 e. The zero-order valence-corrected chi connectivity index (χ0v) is 30.8. The quantitative estimate of drug-likeness (QED) is 0.164. The van der Waals surface area contributed by atoms with Crippen molar-refractivity contribution in [3.63, 3.8) is 0 Å². The number of hydrogen-bond donors (Lipinski definition) is 2. The zero-order valence-electron chi connectivity index (χ0n) is 30.8. The summed E-state index contributed by atoms with van der Waals surface area (Å²) in [7, 11) is 0. The minimum atomic E-state index is -0.581. The first kappa shape index (κ1) is 35.2. The number of fused-ring (bicyclic) bond motifs is 6. The molecule has 2 saturated heterocycles. The average Bonchev–Trinajstić information content (AvgIpc) is 3.74. The van der Waals surface area contributed by atoms with Gasteiger partial charge in [-0.25, -0.2) is 0 Å². The summed E-state index contributed by atoms with van der Waals surface area (Å²) in [4.78, 5) is 9.85. The predicted molar refractivity (Wildman–Crippen MR) is 213 cm³/mol. The maximum Gasteiger partial charge on any atom is 0.119 e. The van der Waals surface area contributed by atoms with Crippen molar-refractivity contribution in [1.82, 2.24) is 19.6 Å². The molecule has 4 aliphatic rings. The molecule has 2 aliphatic carbocycles. The highest BCUT2D eigenvalue weighted by molar-refractivity contribution is 5.79. The fraction of sp³-hybridized carbons (Fsp3) is 0.348. The van der Waals surface area contributed by atoms with Crippen LogP contribution >= 0.6 is 0 Å². The van der Waals surface area contributed by atoms with Crippen LogP contribution in [0.15, 0.2) is 121 Å². The van der Waals surface area contributed by atoms with Gasteiger partial charge in [0, 0.05) is 65.4 Å². The molecular weight excluding hydrogens is 673 g/mol. The van der Waals surface area contributed by atoms with Crippen LogP contribution in [-0.4, -0.2) is 121 Å². The summed E-state index contributed by atoms with van der Waals surface area (Å²) in [5, 5.41) is 21.7. The Labute approximate surface area is 318 Å². The Morgan fingerprint density at radius 3 is 1.04 bits per heavy atom. The Kier molecular flexibility index (Phi) is 10.2. The summed E-state index contributed by atoms with van der Waals surface area (Å²) in [5.74, 6) is 1.38. The molecule has 2 fully saturated rings. The molecule has 2 heterocycles. The van der Waals surface area contributed by atoms with Gasteiger partial charge in [-0.15, -0.1) is 0 Å². The molecule has 9 rings (SSSR count). The highest BCUT2D eigenvalue weighted by Crippen LogP contribution is 2.47. The van der Waals surface area contributed by atoms with Crippen molar-refractivity contribution in [3.05, 3.63) is 144 Å². The fourth-order valence-corrected chi connectivity index (χ4v) is 9.17. The van der Waals surface area contributed by atoms with E-state index in [-0.39, 0.29) is 13.2 Å². The lowest BCUT2D eigenvalue weighted by Crippen LogP contribution is -2.50. The number of nitrogens with zero attached hydrogens (tertiary/aromatic N) is 4. The number of hydrogen-bond acceptors (Lipinski definition) is 8. The molecular formula is C46H50N4O4. The molecule has 0 bridgehead atoms. The second kappa shape index (κ2) is 15.7. The number of aliphatic hydroxyl groups is 2. The van der Waals surface area contributed by atoms with Crippen LogP contribution in [0.1, 0.15) is 34.3 Å². The lowest BCUT2D eigenvalue weighted by atomic mass is 10.0. The van der Waals surface area contributed by atoms with Gasteiger partial charge in [-0.1, -0.05) is 97.1 Å². The first-order chi connectivity index (χ1) is 26.6. The van der Waals surface area contributed by atoms with Gasteiger partial charge in [0.05, 0.1) is 12.1 Å². The van der Waals surface area contributed by atoms with Crippen LogP contribution in [-0.2, 0) is 0 Å². The van der Waals surface area contributed by atoms with Gasteiger partial charge in [0.1, 0.15) is 36.9 Å². The van der Waals surface area contributed by atoms with E-state index in [0.29, 0.717) is 36.7 Å². The van der Waals surface area contributed by atoms with E-state index in [0.717, 1.165) is 52.4 Å². The molecule has 0 unspecified atom stereocenters. The standard InChI is InChI=1S/C46H50N4O4/c51-33(29-47-21-25-49(26-22-47)45-41-13-5-1-9-37(41)38-10-2-6-14-42(38)45)31-53-35-17-19-36(20-18-35)54-32-34(52)30-48-23-27-50(28-24-48)46-43-15-7-3-11-39(43)40-12-4-8-16-44(40)46/h1-20,33-34,45-46,51-52H,21-32H2/t33-,34+. The second-order valence-electron chi connectivity index (χ2n) is 15.2. The third-order valence-corrected chi connectivity index (χ3v) is 11.8. The first-order valence-corrected chi connectivity index (χ1v) is 19.6. The molecule has 8 nitrogen and oxygen atoms in total. The first-order valence-electron chi connectivity index (χ1n) is 19.6. The molecule has 5 aromatic rings. The van der Waals surface area contributed by atoms with E-state index in [4.69, 9.17) is 9.47 Å². The summed E-state index contributed by atoms with van der Waals surface area (Å²) in [6.45, 7) is 9.12. The van der Waals surface area contributed by atoms with Crippen molar-refractivity contribution in [2.75, 3.05) is 78.7 Å². The third kappa shape index (κ3) is 7.18. The van der Waals surface area contributed by atoms with Gasteiger partial charge >= 0.3 is 0 Å². The highest BCUT2D eigenvalue weighted by Gasteiger charge is 2.36. The van der Waals surface area contributed by atoms with Crippen LogP contribution in [0.3, 0.4) is 0 Å². The SMILES string of the molecule is O[C@H](COc1ccc(OC[C@H](O)CN2CCN(C3c4ccccc4-c4ccccc43)CC2)cc1)CN1CCN(C2c3ccccc3-c3ccccc32)CC1. The van der Waals surface area contributed by atoms with E-state index < -0.39 is 12.2 Å². The van der Waals surface area contributed by atoms with Gasteiger partial charge in [0.2, 0.25) is 0 Å². The molecule has 0 aromatic heterocycles. The van der Waals surface area contributed by atoms with Gasteiger partial charge in [-0.3, -0.25) is 19.6 Å². The summed E-state index contributed by atoms with van der Waals surface area (Å²) < 4.78 is 11.9. The average molecular weight is 723 g/mol. The summed E-state index contributed by atoms with van der Waals surface area (Å²) >= 11 is 0. The van der Waals surface area contributed by atoms with Crippen molar-refractivity contribution in [1.29, 1.82) is 0 Å². The van der Waals surface area contributed by atoms with E-state index in [9.17, 15) is 10.2 Å². The fourth-order valence-electron chi connectivity index (χ4n) is 9.17. The van der Waals surface area contributed by atoms with Crippen LogP contribution < -0.4 is 9.47 Å². The van der Waals surface area contributed by atoms with E-state index in [2.05, 4.69) is 117 Å². The van der Waals surface area contributed by atoms with E-state index in [1.807, 2.05) is 24.3 Å². The molecule has 5 aromatic carbocycles. The molecule has 2 aliphatic heterocycles. The molecule has 0 radical (unpaired) electrons. The molecule has 0 spiro atoms. The van der Waals surface area contributed by atoms with Crippen LogP contribution in [0.25, 0.3) is 22.3 Å². The number of β-amino-alcohol motifs (C(OH)–C–C–N with tert-alkyl or cyclic N) is 2. The van der Waals surface area contributed by atoms with Crippen molar-refractivity contribution in [2.45, 2.75) is 24.3 Å². The largest absolute Gasteiger partial charge is 0.491 e. The minimum absolute atomic E-state index is 0.232. The summed E-state index contributed by atoms with van der Waals surface area (Å²) in [5.41, 5.74) is 11.0. The number of rotatable bonds is 12. The lowest BCUT2D eigenvalue weighted by molar-refractivity contribution is 0.0396. The van der Waals surface area contributed by atoms with Crippen LogP contribution in [0, 0.1) is 0 Å². The van der Waals surface area contributed by atoms with Gasteiger partial charge in [0.25, 0.3) is 0 Å². The number of aliphatic hydroxyl groups excluding tert-OH is 2. The van der Waals surface area contributed by atoms with Crippen LogP contribution in [0.5, 0.6) is 11.5 Å². The van der Waals surface area contributed by atoms with Gasteiger partial charge in [-0.2, -0.15) is 0 Å².